The summed E-state index contributed by atoms with van der Waals surface area (Å²) in [6.45, 7) is 0.254. The van der Waals surface area contributed by atoms with E-state index in [9.17, 15) is 0 Å². The zero-order valence-corrected chi connectivity index (χ0v) is 8.80. The van der Waals surface area contributed by atoms with E-state index in [2.05, 4.69) is 6.07 Å². The maximum atomic E-state index is 8.65. The molecule has 0 bridgehead atoms. The minimum absolute atomic E-state index is 0.254. The van der Waals surface area contributed by atoms with Gasteiger partial charge in [0.1, 0.15) is 11.9 Å². The zero-order chi connectivity index (χ0) is 9.80. The van der Waals surface area contributed by atoms with Crippen molar-refractivity contribution >= 4 is 11.8 Å². The van der Waals surface area contributed by atoms with Crippen molar-refractivity contribution in [1.82, 2.24) is 0 Å². The average Bonchev–Trinajstić information content (AvgIpc) is 2.60. The topological polar surface area (TPSA) is 29.5 Å². The molecule has 1 aromatic rings. The van der Waals surface area contributed by atoms with Crippen LogP contribution in [0.2, 0.25) is 0 Å². The lowest BCUT2D eigenvalue weighted by Crippen LogP contribution is -2.16. The highest BCUT2D eigenvalue weighted by Crippen LogP contribution is 2.29. The first kappa shape index (κ1) is 9.87. The fraction of sp³-hybridized carbons (Fsp3) is 0.455. The van der Waals surface area contributed by atoms with Crippen LogP contribution in [0.4, 0.5) is 0 Å². The molecular weight excluding hydrogens is 196 g/mol. The Morgan fingerprint density at radius 1 is 1.43 bits per heavy atom. The SMILES string of the molecule is OCCSCC1Cc2ccccc2O1. The highest BCUT2D eigenvalue weighted by Gasteiger charge is 2.21. The molecule has 1 aliphatic heterocycles. The Kier molecular flexibility index (Phi) is 3.32. The van der Waals surface area contributed by atoms with Gasteiger partial charge in [-0.15, -0.1) is 0 Å². The highest BCUT2D eigenvalue weighted by atomic mass is 32.2. The number of hydrogen-bond donors (Lipinski definition) is 1. The summed E-state index contributed by atoms with van der Waals surface area (Å²) in [5.74, 6) is 2.80. The minimum atomic E-state index is 0.254. The van der Waals surface area contributed by atoms with Crippen LogP contribution < -0.4 is 4.74 Å². The number of para-hydroxylation sites is 1. The first-order valence-electron chi connectivity index (χ1n) is 4.83. The van der Waals surface area contributed by atoms with E-state index in [0.29, 0.717) is 6.10 Å². The Morgan fingerprint density at radius 2 is 2.29 bits per heavy atom. The molecule has 1 heterocycles. The molecule has 0 aromatic heterocycles. The van der Waals surface area contributed by atoms with Crippen molar-refractivity contribution < 1.29 is 9.84 Å². The van der Waals surface area contributed by atoms with Crippen LogP contribution in [0.3, 0.4) is 0 Å². The number of thioether (sulfide) groups is 1. The summed E-state index contributed by atoms with van der Waals surface area (Å²) in [7, 11) is 0. The van der Waals surface area contributed by atoms with Gasteiger partial charge in [0.2, 0.25) is 0 Å². The number of aliphatic hydroxyl groups is 1. The van der Waals surface area contributed by atoms with Gasteiger partial charge in [-0.25, -0.2) is 0 Å². The fourth-order valence-corrected chi connectivity index (χ4v) is 2.37. The molecule has 0 spiro atoms. The van der Waals surface area contributed by atoms with Crippen LogP contribution in [-0.2, 0) is 6.42 Å². The first-order valence-corrected chi connectivity index (χ1v) is 5.99. The Hall–Kier alpha value is -0.670. The first-order chi connectivity index (χ1) is 6.90. The minimum Gasteiger partial charge on any atom is -0.489 e. The van der Waals surface area contributed by atoms with Gasteiger partial charge in [-0.3, -0.25) is 0 Å². The maximum absolute atomic E-state index is 8.65. The third kappa shape index (κ3) is 2.22. The summed E-state index contributed by atoms with van der Waals surface area (Å²) >= 11 is 1.75. The number of hydrogen-bond acceptors (Lipinski definition) is 3. The summed E-state index contributed by atoms with van der Waals surface area (Å²) in [4.78, 5) is 0. The van der Waals surface area contributed by atoms with Gasteiger partial charge in [0, 0.05) is 17.9 Å². The summed E-state index contributed by atoms with van der Waals surface area (Å²) in [6.07, 6.45) is 1.30. The maximum Gasteiger partial charge on any atom is 0.123 e. The summed E-state index contributed by atoms with van der Waals surface area (Å²) in [5.41, 5.74) is 1.31. The van der Waals surface area contributed by atoms with Gasteiger partial charge in [-0.1, -0.05) is 18.2 Å². The monoisotopic (exact) mass is 210 g/mol. The van der Waals surface area contributed by atoms with Gasteiger partial charge >= 0.3 is 0 Å². The number of ether oxygens (including phenoxy) is 1. The van der Waals surface area contributed by atoms with E-state index in [1.165, 1.54) is 5.56 Å². The van der Waals surface area contributed by atoms with E-state index < -0.39 is 0 Å². The zero-order valence-electron chi connectivity index (χ0n) is 7.98. The number of benzene rings is 1. The molecule has 0 aliphatic carbocycles. The van der Waals surface area contributed by atoms with Gasteiger partial charge in [0.05, 0.1) is 6.61 Å². The van der Waals surface area contributed by atoms with Crippen molar-refractivity contribution in [2.75, 3.05) is 18.1 Å². The summed E-state index contributed by atoms with van der Waals surface area (Å²) < 4.78 is 5.75. The van der Waals surface area contributed by atoms with Gasteiger partial charge < -0.3 is 9.84 Å². The molecule has 1 N–H and O–H groups in total. The molecule has 76 valence electrons. The summed E-state index contributed by atoms with van der Waals surface area (Å²) in [6, 6.07) is 8.19. The van der Waals surface area contributed by atoms with E-state index in [-0.39, 0.29) is 6.61 Å². The molecule has 0 radical (unpaired) electrons. The molecule has 3 heteroatoms. The Labute approximate surface area is 88.3 Å². The third-order valence-electron chi connectivity index (χ3n) is 2.25. The molecule has 0 saturated heterocycles. The van der Waals surface area contributed by atoms with Crippen LogP contribution in [0.5, 0.6) is 5.75 Å². The van der Waals surface area contributed by atoms with Crippen molar-refractivity contribution in [2.45, 2.75) is 12.5 Å². The lowest BCUT2D eigenvalue weighted by molar-refractivity contribution is 0.259. The molecule has 0 amide bonds. The molecule has 2 nitrogen and oxygen atoms in total. The second-order valence-corrected chi connectivity index (χ2v) is 4.50. The quantitative estimate of drug-likeness (QED) is 0.767. The van der Waals surface area contributed by atoms with Crippen LogP contribution in [0.15, 0.2) is 24.3 Å². The molecule has 1 aromatic carbocycles. The van der Waals surface area contributed by atoms with Gasteiger partial charge in [0.25, 0.3) is 0 Å². The van der Waals surface area contributed by atoms with E-state index >= 15 is 0 Å². The fourth-order valence-electron chi connectivity index (χ4n) is 1.63. The van der Waals surface area contributed by atoms with Gasteiger partial charge in [-0.2, -0.15) is 11.8 Å². The molecule has 0 saturated carbocycles. The van der Waals surface area contributed by atoms with Crippen LogP contribution in [-0.4, -0.2) is 29.3 Å². The molecule has 14 heavy (non-hydrogen) atoms. The number of aliphatic hydroxyl groups excluding tert-OH is 1. The molecule has 1 aliphatic rings. The van der Waals surface area contributed by atoms with Gasteiger partial charge in [-0.05, 0) is 11.6 Å². The van der Waals surface area contributed by atoms with Crippen molar-refractivity contribution in [3.8, 4) is 5.75 Å². The van der Waals surface area contributed by atoms with Crippen LogP contribution in [0, 0.1) is 0 Å². The highest BCUT2D eigenvalue weighted by molar-refractivity contribution is 7.99. The van der Waals surface area contributed by atoms with Crippen molar-refractivity contribution in [3.05, 3.63) is 29.8 Å². The van der Waals surface area contributed by atoms with Crippen LogP contribution >= 0.6 is 11.8 Å². The van der Waals surface area contributed by atoms with Crippen molar-refractivity contribution in [2.24, 2.45) is 0 Å². The van der Waals surface area contributed by atoms with E-state index in [1.807, 2.05) is 18.2 Å². The lowest BCUT2D eigenvalue weighted by atomic mass is 10.1. The summed E-state index contributed by atoms with van der Waals surface area (Å²) in [5, 5.41) is 8.65. The molecule has 0 fully saturated rings. The van der Waals surface area contributed by atoms with Crippen LogP contribution in [0.1, 0.15) is 5.56 Å². The smallest absolute Gasteiger partial charge is 0.123 e. The predicted molar refractivity (Wildman–Crippen MR) is 59.0 cm³/mol. The van der Waals surface area contributed by atoms with E-state index in [4.69, 9.17) is 9.84 Å². The predicted octanol–water partition coefficient (Wildman–Crippen LogP) is 1.72. The Morgan fingerprint density at radius 3 is 3.07 bits per heavy atom. The van der Waals surface area contributed by atoms with Gasteiger partial charge in [0.15, 0.2) is 0 Å². The van der Waals surface area contributed by atoms with Crippen LogP contribution in [0.25, 0.3) is 0 Å². The number of fused-ring (bicyclic) bond motifs is 1. The second kappa shape index (κ2) is 4.71. The standard InChI is InChI=1S/C11H14O2S/c12-5-6-14-8-10-7-9-3-1-2-4-11(9)13-10/h1-4,10,12H,5-8H2. The molecular formula is C11H14O2S. The normalized spacial score (nSPS) is 19.1. The molecule has 2 rings (SSSR count). The molecule has 1 atom stereocenters. The van der Waals surface area contributed by atoms with Crippen molar-refractivity contribution in [1.29, 1.82) is 0 Å². The van der Waals surface area contributed by atoms with Crippen molar-refractivity contribution in [3.63, 3.8) is 0 Å². The van der Waals surface area contributed by atoms with E-state index in [1.54, 1.807) is 11.8 Å². The Bertz CT molecular complexity index is 276. The largest absolute Gasteiger partial charge is 0.489 e. The van der Waals surface area contributed by atoms with E-state index in [0.717, 1.165) is 23.7 Å². The number of rotatable bonds is 4. The third-order valence-corrected chi connectivity index (χ3v) is 3.33. The molecule has 1 unspecified atom stereocenters. The average molecular weight is 210 g/mol. The lowest BCUT2D eigenvalue weighted by Gasteiger charge is -2.08. The Balaban J connectivity index is 1.86. The second-order valence-electron chi connectivity index (χ2n) is 3.35.